The summed E-state index contributed by atoms with van der Waals surface area (Å²) in [5.41, 5.74) is 4.38. The SMILES string of the molecule is C[C@H](CC(=O)Nc1cc(C(=O)O)ccc1O)NC(=O)OCC1c2ccccc2-c2ccccc21. The molecule has 1 aliphatic rings. The van der Waals surface area contributed by atoms with E-state index in [2.05, 4.69) is 22.8 Å². The van der Waals surface area contributed by atoms with Gasteiger partial charge in [-0.3, -0.25) is 4.79 Å². The van der Waals surface area contributed by atoms with Crippen LogP contribution in [0.5, 0.6) is 5.75 Å². The van der Waals surface area contributed by atoms with Crippen molar-refractivity contribution in [3.63, 3.8) is 0 Å². The maximum absolute atomic E-state index is 12.4. The van der Waals surface area contributed by atoms with Crippen LogP contribution in [0.4, 0.5) is 10.5 Å². The number of phenolic OH excluding ortho intramolecular Hbond substituents is 1. The van der Waals surface area contributed by atoms with Gasteiger partial charge in [0.15, 0.2) is 0 Å². The number of aromatic hydroxyl groups is 1. The number of rotatable bonds is 7. The summed E-state index contributed by atoms with van der Waals surface area (Å²) in [6.45, 7) is 1.81. The van der Waals surface area contributed by atoms with Crippen molar-refractivity contribution in [2.24, 2.45) is 0 Å². The number of hydrogen-bond donors (Lipinski definition) is 4. The van der Waals surface area contributed by atoms with Gasteiger partial charge in [0.25, 0.3) is 0 Å². The summed E-state index contributed by atoms with van der Waals surface area (Å²) in [5.74, 6) is -2.00. The maximum Gasteiger partial charge on any atom is 0.407 e. The van der Waals surface area contributed by atoms with E-state index >= 15 is 0 Å². The topological polar surface area (TPSA) is 125 Å². The molecule has 0 saturated heterocycles. The molecule has 2 amide bonds. The maximum atomic E-state index is 12.4. The summed E-state index contributed by atoms with van der Waals surface area (Å²) in [7, 11) is 0. The number of ether oxygens (including phenoxy) is 1. The van der Waals surface area contributed by atoms with Gasteiger partial charge >= 0.3 is 12.1 Å². The van der Waals surface area contributed by atoms with Crippen molar-refractivity contribution in [2.45, 2.75) is 25.3 Å². The van der Waals surface area contributed by atoms with Gasteiger partial charge < -0.3 is 25.6 Å². The zero-order chi connectivity index (χ0) is 24.2. The Morgan fingerprint density at radius 1 is 0.971 bits per heavy atom. The second-order valence-electron chi connectivity index (χ2n) is 8.16. The molecule has 34 heavy (non-hydrogen) atoms. The first-order valence-corrected chi connectivity index (χ1v) is 10.8. The van der Waals surface area contributed by atoms with Gasteiger partial charge in [-0.2, -0.15) is 0 Å². The molecule has 4 rings (SSSR count). The number of carbonyl (C=O) groups is 3. The van der Waals surface area contributed by atoms with Gasteiger partial charge in [0.05, 0.1) is 11.3 Å². The number of carboxylic acid groups (broad SMARTS) is 1. The van der Waals surface area contributed by atoms with E-state index in [0.717, 1.165) is 22.3 Å². The highest BCUT2D eigenvalue weighted by Crippen LogP contribution is 2.44. The number of phenols is 1. The quantitative estimate of drug-likeness (QED) is 0.389. The second kappa shape index (κ2) is 9.66. The average molecular weight is 460 g/mol. The number of alkyl carbamates (subject to hydrolysis) is 1. The molecular formula is C26H24N2O6. The van der Waals surface area contributed by atoms with Crippen LogP contribution in [-0.4, -0.2) is 40.8 Å². The normalized spacial score (nSPS) is 12.9. The highest BCUT2D eigenvalue weighted by atomic mass is 16.5. The molecule has 8 heteroatoms. The van der Waals surface area contributed by atoms with E-state index in [1.807, 2.05) is 36.4 Å². The third-order valence-corrected chi connectivity index (χ3v) is 5.72. The lowest BCUT2D eigenvalue weighted by molar-refractivity contribution is -0.116. The standard InChI is InChI=1S/C26H24N2O6/c1-15(12-24(30)28-22-13-16(25(31)32)10-11-23(22)29)27-26(33)34-14-21-19-8-4-2-6-17(19)18-7-3-5-9-20(18)21/h2-11,13,15,21,29H,12,14H2,1H3,(H,27,33)(H,28,30)(H,31,32)/t15-/m1/s1. The monoisotopic (exact) mass is 460 g/mol. The first-order chi connectivity index (χ1) is 16.3. The van der Waals surface area contributed by atoms with Gasteiger partial charge in [0.2, 0.25) is 5.91 Å². The molecule has 0 spiro atoms. The summed E-state index contributed by atoms with van der Waals surface area (Å²) < 4.78 is 5.48. The molecular weight excluding hydrogens is 436 g/mol. The van der Waals surface area contributed by atoms with Crippen molar-refractivity contribution in [3.8, 4) is 16.9 Å². The Morgan fingerprint density at radius 2 is 1.59 bits per heavy atom. The van der Waals surface area contributed by atoms with E-state index in [1.54, 1.807) is 6.92 Å². The van der Waals surface area contributed by atoms with Gasteiger partial charge in [-0.05, 0) is 47.4 Å². The van der Waals surface area contributed by atoms with Gasteiger partial charge in [0.1, 0.15) is 12.4 Å². The number of benzene rings is 3. The summed E-state index contributed by atoms with van der Waals surface area (Å²) in [5, 5.41) is 24.0. The molecule has 0 bridgehead atoms. The molecule has 3 aromatic carbocycles. The number of carboxylic acids is 1. The van der Waals surface area contributed by atoms with Crippen LogP contribution in [0.15, 0.2) is 66.7 Å². The Bertz CT molecular complexity index is 1210. The van der Waals surface area contributed by atoms with Crippen LogP contribution in [0.2, 0.25) is 0 Å². The minimum Gasteiger partial charge on any atom is -0.506 e. The van der Waals surface area contributed by atoms with Crippen LogP contribution in [-0.2, 0) is 9.53 Å². The number of anilines is 1. The molecule has 0 aliphatic heterocycles. The predicted molar refractivity (Wildman–Crippen MR) is 126 cm³/mol. The van der Waals surface area contributed by atoms with Gasteiger partial charge in [-0.15, -0.1) is 0 Å². The van der Waals surface area contributed by atoms with E-state index < -0.39 is 24.0 Å². The van der Waals surface area contributed by atoms with E-state index in [1.165, 1.54) is 18.2 Å². The Balaban J connectivity index is 1.31. The molecule has 1 aliphatic carbocycles. The van der Waals surface area contributed by atoms with Crippen molar-refractivity contribution in [1.82, 2.24) is 5.32 Å². The lowest BCUT2D eigenvalue weighted by Crippen LogP contribution is -2.36. The van der Waals surface area contributed by atoms with Crippen molar-refractivity contribution >= 4 is 23.7 Å². The molecule has 0 heterocycles. The van der Waals surface area contributed by atoms with Crippen LogP contribution >= 0.6 is 0 Å². The summed E-state index contributed by atoms with van der Waals surface area (Å²) in [6.07, 6.45) is -0.737. The van der Waals surface area contributed by atoms with E-state index in [-0.39, 0.29) is 35.9 Å². The molecule has 3 aromatic rings. The Labute approximate surface area is 196 Å². The van der Waals surface area contributed by atoms with Crippen LogP contribution in [0.25, 0.3) is 11.1 Å². The molecule has 0 unspecified atom stereocenters. The fourth-order valence-electron chi connectivity index (χ4n) is 4.14. The average Bonchev–Trinajstić information content (AvgIpc) is 3.12. The zero-order valence-electron chi connectivity index (χ0n) is 18.4. The minimum atomic E-state index is -1.18. The van der Waals surface area contributed by atoms with Crippen LogP contribution in [0.1, 0.15) is 40.7 Å². The van der Waals surface area contributed by atoms with E-state index in [4.69, 9.17) is 9.84 Å². The molecule has 0 radical (unpaired) electrons. The number of amides is 2. The Kier molecular flexibility index (Phi) is 6.49. The van der Waals surface area contributed by atoms with Crippen molar-refractivity contribution in [2.75, 3.05) is 11.9 Å². The number of aromatic carboxylic acids is 1. The molecule has 1 atom stereocenters. The molecule has 0 aromatic heterocycles. The van der Waals surface area contributed by atoms with E-state index in [9.17, 15) is 19.5 Å². The van der Waals surface area contributed by atoms with Crippen molar-refractivity contribution in [1.29, 1.82) is 0 Å². The molecule has 8 nitrogen and oxygen atoms in total. The third-order valence-electron chi connectivity index (χ3n) is 5.72. The Morgan fingerprint density at radius 3 is 2.21 bits per heavy atom. The molecule has 4 N–H and O–H groups in total. The smallest absolute Gasteiger partial charge is 0.407 e. The lowest BCUT2D eigenvalue weighted by Gasteiger charge is -2.17. The van der Waals surface area contributed by atoms with Crippen LogP contribution in [0, 0.1) is 0 Å². The molecule has 174 valence electrons. The lowest BCUT2D eigenvalue weighted by atomic mass is 9.98. The first-order valence-electron chi connectivity index (χ1n) is 10.8. The van der Waals surface area contributed by atoms with Gasteiger partial charge in [-0.1, -0.05) is 48.5 Å². The predicted octanol–water partition coefficient (Wildman–Crippen LogP) is 4.35. The second-order valence-corrected chi connectivity index (χ2v) is 8.16. The largest absolute Gasteiger partial charge is 0.506 e. The van der Waals surface area contributed by atoms with Gasteiger partial charge in [-0.25, -0.2) is 9.59 Å². The number of hydrogen-bond acceptors (Lipinski definition) is 5. The number of fused-ring (bicyclic) bond motifs is 3. The fourth-order valence-corrected chi connectivity index (χ4v) is 4.14. The zero-order valence-corrected chi connectivity index (χ0v) is 18.4. The molecule has 0 fully saturated rings. The summed E-state index contributed by atoms with van der Waals surface area (Å²) in [6, 6.07) is 19.1. The van der Waals surface area contributed by atoms with Crippen LogP contribution < -0.4 is 10.6 Å². The first kappa shape index (κ1) is 22.8. The number of nitrogens with one attached hydrogen (secondary N) is 2. The minimum absolute atomic E-state index is 0.0155. The summed E-state index contributed by atoms with van der Waals surface area (Å²) in [4.78, 5) is 35.8. The third kappa shape index (κ3) is 4.85. The van der Waals surface area contributed by atoms with Crippen molar-refractivity contribution in [3.05, 3.63) is 83.4 Å². The Hall–Kier alpha value is -4.33. The van der Waals surface area contributed by atoms with Gasteiger partial charge in [0, 0.05) is 18.4 Å². The highest BCUT2D eigenvalue weighted by Gasteiger charge is 2.29. The van der Waals surface area contributed by atoms with Crippen LogP contribution in [0.3, 0.4) is 0 Å². The summed E-state index contributed by atoms with van der Waals surface area (Å²) >= 11 is 0. The highest BCUT2D eigenvalue weighted by molar-refractivity contribution is 5.95. The van der Waals surface area contributed by atoms with Crippen molar-refractivity contribution < 1.29 is 29.3 Å². The molecule has 0 saturated carbocycles. The number of carbonyl (C=O) groups excluding carboxylic acids is 2. The van der Waals surface area contributed by atoms with E-state index in [0.29, 0.717) is 0 Å². The fraction of sp³-hybridized carbons (Fsp3) is 0.192.